The summed E-state index contributed by atoms with van der Waals surface area (Å²) in [7, 11) is 0. The molecule has 1 aromatic carbocycles. The average Bonchev–Trinajstić information content (AvgIpc) is 2.92. The van der Waals surface area contributed by atoms with Crippen molar-refractivity contribution in [1.29, 1.82) is 0 Å². The fourth-order valence-electron chi connectivity index (χ4n) is 2.39. The zero-order valence-corrected chi connectivity index (χ0v) is 12.0. The van der Waals surface area contributed by atoms with Gasteiger partial charge in [-0.3, -0.25) is 4.79 Å². The van der Waals surface area contributed by atoms with Crippen LogP contribution in [-0.2, 0) is 11.3 Å². The second-order valence-corrected chi connectivity index (χ2v) is 5.45. The highest BCUT2D eigenvalue weighted by atomic mass is 16.1. The van der Waals surface area contributed by atoms with Crippen molar-refractivity contribution in [2.24, 2.45) is 11.8 Å². The van der Waals surface area contributed by atoms with Gasteiger partial charge in [0.2, 0.25) is 5.91 Å². The summed E-state index contributed by atoms with van der Waals surface area (Å²) in [6.45, 7) is 4.43. The van der Waals surface area contributed by atoms with Crippen molar-refractivity contribution >= 4 is 11.6 Å². The Bertz CT molecular complexity index is 606. The van der Waals surface area contributed by atoms with Gasteiger partial charge in [-0.1, -0.05) is 25.1 Å². The third kappa shape index (κ3) is 3.11. The molecule has 1 aliphatic rings. The number of rotatable bonds is 5. The van der Waals surface area contributed by atoms with Crippen LogP contribution in [0.5, 0.6) is 0 Å². The molecule has 1 fully saturated rings. The van der Waals surface area contributed by atoms with Crippen LogP contribution in [0, 0.1) is 11.8 Å². The Kier molecular flexibility index (Phi) is 3.96. The van der Waals surface area contributed by atoms with Crippen molar-refractivity contribution in [3.63, 3.8) is 0 Å². The van der Waals surface area contributed by atoms with Crippen molar-refractivity contribution in [3.05, 3.63) is 42.5 Å². The fourth-order valence-corrected chi connectivity index (χ4v) is 2.39. The highest BCUT2D eigenvalue weighted by Crippen LogP contribution is 2.21. The molecule has 0 saturated carbocycles. The number of para-hydroxylation sites is 1. The van der Waals surface area contributed by atoms with Gasteiger partial charge in [-0.05, 0) is 30.6 Å². The molecule has 1 saturated heterocycles. The fraction of sp³-hybridized carbons (Fsp3) is 0.400. The highest BCUT2D eigenvalue weighted by Gasteiger charge is 2.28. The number of nitrogens with zero attached hydrogens (tertiary/aromatic N) is 3. The van der Waals surface area contributed by atoms with Gasteiger partial charge in [0.05, 0.1) is 6.54 Å². The molecule has 1 amide bonds. The SMILES string of the molecule is CC(C(=O)Nc1ccccc1Cn1cncn1)C1CNC1. The van der Waals surface area contributed by atoms with Crippen LogP contribution in [0.3, 0.4) is 0 Å². The van der Waals surface area contributed by atoms with E-state index >= 15 is 0 Å². The van der Waals surface area contributed by atoms with E-state index in [0.717, 1.165) is 24.3 Å². The molecule has 1 aliphatic heterocycles. The van der Waals surface area contributed by atoms with Gasteiger partial charge in [0.25, 0.3) is 0 Å². The van der Waals surface area contributed by atoms with Crippen LogP contribution in [0.15, 0.2) is 36.9 Å². The zero-order valence-electron chi connectivity index (χ0n) is 12.0. The summed E-state index contributed by atoms with van der Waals surface area (Å²) in [5, 5.41) is 10.3. The summed E-state index contributed by atoms with van der Waals surface area (Å²) in [4.78, 5) is 16.3. The van der Waals surface area contributed by atoms with E-state index in [1.165, 1.54) is 6.33 Å². The lowest BCUT2D eigenvalue weighted by atomic mass is 9.88. The number of nitrogens with one attached hydrogen (secondary N) is 2. The topological polar surface area (TPSA) is 71.8 Å². The van der Waals surface area contributed by atoms with Gasteiger partial charge in [-0.25, -0.2) is 9.67 Å². The Labute approximate surface area is 123 Å². The van der Waals surface area contributed by atoms with Crippen molar-refractivity contribution in [1.82, 2.24) is 20.1 Å². The predicted octanol–water partition coefficient (Wildman–Crippen LogP) is 1.12. The summed E-state index contributed by atoms with van der Waals surface area (Å²) in [6.07, 6.45) is 3.17. The van der Waals surface area contributed by atoms with Gasteiger partial charge < -0.3 is 10.6 Å². The van der Waals surface area contributed by atoms with Crippen LogP contribution < -0.4 is 10.6 Å². The molecule has 1 atom stereocenters. The summed E-state index contributed by atoms with van der Waals surface area (Å²) >= 11 is 0. The number of anilines is 1. The summed E-state index contributed by atoms with van der Waals surface area (Å²) in [5.74, 6) is 0.533. The van der Waals surface area contributed by atoms with Crippen LogP contribution in [-0.4, -0.2) is 33.8 Å². The minimum atomic E-state index is 0.0191. The van der Waals surface area contributed by atoms with Crippen molar-refractivity contribution in [3.8, 4) is 0 Å². The first kappa shape index (κ1) is 13.8. The first-order valence-electron chi connectivity index (χ1n) is 7.16. The molecule has 0 bridgehead atoms. The second-order valence-electron chi connectivity index (χ2n) is 5.45. The Morgan fingerprint density at radius 1 is 1.48 bits per heavy atom. The Morgan fingerprint density at radius 3 is 2.95 bits per heavy atom. The Morgan fingerprint density at radius 2 is 2.29 bits per heavy atom. The number of carbonyl (C=O) groups is 1. The monoisotopic (exact) mass is 285 g/mol. The number of amides is 1. The Balaban J connectivity index is 1.71. The molecule has 6 nitrogen and oxygen atoms in total. The van der Waals surface area contributed by atoms with E-state index in [0.29, 0.717) is 12.5 Å². The maximum atomic E-state index is 12.3. The summed E-state index contributed by atoms with van der Waals surface area (Å²) < 4.78 is 1.74. The molecule has 0 radical (unpaired) electrons. The minimum Gasteiger partial charge on any atom is -0.326 e. The lowest BCUT2D eigenvalue weighted by Gasteiger charge is -2.31. The molecule has 1 unspecified atom stereocenters. The highest BCUT2D eigenvalue weighted by molar-refractivity contribution is 5.93. The second kappa shape index (κ2) is 6.05. The van der Waals surface area contributed by atoms with Gasteiger partial charge in [-0.15, -0.1) is 0 Å². The summed E-state index contributed by atoms with van der Waals surface area (Å²) in [6, 6.07) is 7.81. The lowest BCUT2D eigenvalue weighted by Crippen LogP contribution is -2.48. The first-order chi connectivity index (χ1) is 10.2. The molecule has 3 rings (SSSR count). The zero-order chi connectivity index (χ0) is 14.7. The number of carbonyl (C=O) groups excluding carboxylic acids is 1. The number of hydrogen-bond donors (Lipinski definition) is 2. The van der Waals surface area contributed by atoms with Crippen LogP contribution in [0.1, 0.15) is 12.5 Å². The average molecular weight is 285 g/mol. The van der Waals surface area contributed by atoms with Gasteiger partial charge in [0.1, 0.15) is 12.7 Å². The maximum Gasteiger partial charge on any atom is 0.227 e. The summed E-state index contributed by atoms with van der Waals surface area (Å²) in [5.41, 5.74) is 1.87. The smallest absolute Gasteiger partial charge is 0.227 e. The molecule has 2 heterocycles. The Hall–Kier alpha value is -2.21. The van der Waals surface area contributed by atoms with Gasteiger partial charge in [0, 0.05) is 11.6 Å². The minimum absolute atomic E-state index is 0.0191. The number of aromatic nitrogens is 3. The van der Waals surface area contributed by atoms with Crippen LogP contribution in [0.25, 0.3) is 0 Å². The van der Waals surface area contributed by atoms with E-state index in [1.54, 1.807) is 11.0 Å². The predicted molar refractivity (Wildman–Crippen MR) is 79.7 cm³/mol. The van der Waals surface area contributed by atoms with E-state index in [1.807, 2.05) is 31.2 Å². The quantitative estimate of drug-likeness (QED) is 0.863. The van der Waals surface area contributed by atoms with E-state index in [-0.39, 0.29) is 11.8 Å². The maximum absolute atomic E-state index is 12.3. The van der Waals surface area contributed by atoms with Gasteiger partial charge in [0.15, 0.2) is 0 Å². The third-order valence-electron chi connectivity index (χ3n) is 4.01. The molecule has 0 spiro atoms. The van der Waals surface area contributed by atoms with Crippen LogP contribution >= 0.6 is 0 Å². The molecule has 2 aromatic rings. The molecule has 0 aliphatic carbocycles. The normalized spacial score (nSPS) is 16.2. The van der Waals surface area contributed by atoms with Crippen LogP contribution in [0.2, 0.25) is 0 Å². The van der Waals surface area contributed by atoms with E-state index < -0.39 is 0 Å². The van der Waals surface area contributed by atoms with Crippen LogP contribution in [0.4, 0.5) is 5.69 Å². The standard InChI is InChI=1S/C15H19N5O/c1-11(13-6-16-7-13)15(21)19-14-5-3-2-4-12(14)8-20-10-17-9-18-20/h2-5,9-11,13,16H,6-8H2,1H3,(H,19,21). The molecular weight excluding hydrogens is 266 g/mol. The van der Waals surface area contributed by atoms with Crippen molar-refractivity contribution in [2.45, 2.75) is 13.5 Å². The molecule has 6 heteroatoms. The molecular formula is C15H19N5O. The molecule has 21 heavy (non-hydrogen) atoms. The number of hydrogen-bond acceptors (Lipinski definition) is 4. The largest absolute Gasteiger partial charge is 0.326 e. The molecule has 2 N–H and O–H groups in total. The lowest BCUT2D eigenvalue weighted by molar-refractivity contribution is -0.121. The van der Waals surface area contributed by atoms with E-state index in [4.69, 9.17) is 0 Å². The van der Waals surface area contributed by atoms with Gasteiger partial charge in [-0.2, -0.15) is 5.10 Å². The van der Waals surface area contributed by atoms with E-state index in [9.17, 15) is 4.79 Å². The first-order valence-corrected chi connectivity index (χ1v) is 7.16. The number of benzene rings is 1. The molecule has 110 valence electrons. The van der Waals surface area contributed by atoms with E-state index in [2.05, 4.69) is 20.7 Å². The van der Waals surface area contributed by atoms with Crippen molar-refractivity contribution in [2.75, 3.05) is 18.4 Å². The van der Waals surface area contributed by atoms with Gasteiger partial charge >= 0.3 is 0 Å². The third-order valence-corrected chi connectivity index (χ3v) is 4.01. The van der Waals surface area contributed by atoms with Crippen molar-refractivity contribution < 1.29 is 4.79 Å². The molecule has 1 aromatic heterocycles.